The summed E-state index contributed by atoms with van der Waals surface area (Å²) < 4.78 is 19.7. The Morgan fingerprint density at radius 1 is 0.784 bits per heavy atom. The number of allylic oxidation sites excluding steroid dienone is 2. The van der Waals surface area contributed by atoms with Crippen LogP contribution in [0.2, 0.25) is 16.6 Å². The SMILES string of the molecule is C=CCC/C=C(\COCc1ccccc1)CC(CO[Si](C(C)C)(C(C)C)C(C)C)OCc1ccccc1. The van der Waals surface area contributed by atoms with Gasteiger partial charge in [0.2, 0.25) is 0 Å². The molecule has 0 aliphatic carbocycles. The molecule has 204 valence electrons. The summed E-state index contributed by atoms with van der Waals surface area (Å²) >= 11 is 0. The largest absolute Gasteiger partial charge is 0.413 e. The fourth-order valence-electron chi connectivity index (χ4n) is 5.46. The van der Waals surface area contributed by atoms with E-state index in [1.165, 1.54) is 16.7 Å². The molecule has 0 amide bonds. The van der Waals surface area contributed by atoms with E-state index in [0.29, 0.717) is 43.1 Å². The molecular weight excluding hydrogens is 472 g/mol. The van der Waals surface area contributed by atoms with Crippen LogP contribution >= 0.6 is 0 Å². The highest BCUT2D eigenvalue weighted by Crippen LogP contribution is 2.42. The van der Waals surface area contributed by atoms with E-state index in [4.69, 9.17) is 13.9 Å². The number of hydrogen-bond acceptors (Lipinski definition) is 3. The molecule has 2 aromatic carbocycles. The third-order valence-electron chi connectivity index (χ3n) is 7.25. The van der Waals surface area contributed by atoms with Crippen LogP contribution in [0.15, 0.2) is 85.0 Å². The maximum Gasteiger partial charge on any atom is 0.200 e. The topological polar surface area (TPSA) is 27.7 Å². The van der Waals surface area contributed by atoms with Crippen molar-refractivity contribution in [3.8, 4) is 0 Å². The molecule has 0 saturated carbocycles. The minimum Gasteiger partial charge on any atom is -0.413 e. The van der Waals surface area contributed by atoms with Gasteiger partial charge in [0.15, 0.2) is 8.32 Å². The number of rotatable bonds is 18. The van der Waals surface area contributed by atoms with Gasteiger partial charge >= 0.3 is 0 Å². The average Bonchev–Trinajstić information content (AvgIpc) is 2.88. The van der Waals surface area contributed by atoms with Crippen molar-refractivity contribution < 1.29 is 13.9 Å². The highest BCUT2D eigenvalue weighted by atomic mass is 28.4. The molecule has 0 spiro atoms. The first-order chi connectivity index (χ1) is 17.8. The standard InChI is InChI=1S/C33H50O3Si/c1-8-9-12-21-32(24-34-23-30-17-13-10-14-18-30)22-33(35-25-31-19-15-11-16-20-31)26-36-37(27(2)3,28(4)5)29(6)7/h8,10-11,13-21,27-29,33H,1,9,12,22-26H2,2-7H3/b32-21-. The molecule has 3 nitrogen and oxygen atoms in total. The Bertz CT molecular complexity index is 884. The Labute approximate surface area is 228 Å². The molecule has 0 radical (unpaired) electrons. The highest BCUT2D eigenvalue weighted by Gasteiger charge is 2.45. The maximum atomic E-state index is 6.99. The second kappa shape index (κ2) is 16.8. The Morgan fingerprint density at radius 2 is 1.32 bits per heavy atom. The molecule has 4 heteroatoms. The van der Waals surface area contributed by atoms with Gasteiger partial charge in [-0.05, 0) is 52.6 Å². The molecule has 1 unspecified atom stereocenters. The third kappa shape index (κ3) is 10.4. The molecule has 37 heavy (non-hydrogen) atoms. The van der Waals surface area contributed by atoms with Crippen LogP contribution in [0.25, 0.3) is 0 Å². The molecule has 0 bridgehead atoms. The van der Waals surface area contributed by atoms with Crippen LogP contribution in [0.3, 0.4) is 0 Å². The first kappa shape index (κ1) is 31.2. The quantitative estimate of drug-likeness (QED) is 0.111. The predicted octanol–water partition coefficient (Wildman–Crippen LogP) is 9.26. The van der Waals surface area contributed by atoms with E-state index >= 15 is 0 Å². The molecular formula is C33H50O3Si. The van der Waals surface area contributed by atoms with E-state index in [9.17, 15) is 0 Å². The molecule has 0 aromatic heterocycles. The molecule has 0 saturated heterocycles. The lowest BCUT2D eigenvalue weighted by Crippen LogP contribution is -2.49. The van der Waals surface area contributed by atoms with Crippen molar-refractivity contribution in [2.24, 2.45) is 0 Å². The molecule has 0 aliphatic heterocycles. The van der Waals surface area contributed by atoms with E-state index in [2.05, 4.69) is 103 Å². The fraction of sp³-hybridized carbons (Fsp3) is 0.515. The summed E-state index contributed by atoms with van der Waals surface area (Å²) in [5.74, 6) is 0. The summed E-state index contributed by atoms with van der Waals surface area (Å²) in [4.78, 5) is 0. The van der Waals surface area contributed by atoms with Crippen molar-refractivity contribution >= 4 is 8.32 Å². The zero-order chi connectivity index (χ0) is 27.1. The molecule has 0 aliphatic rings. The summed E-state index contributed by atoms with van der Waals surface area (Å²) in [5.41, 5.74) is 5.27. The Kier molecular flexibility index (Phi) is 14.2. The fourth-order valence-corrected chi connectivity index (χ4v) is 10.9. The lowest BCUT2D eigenvalue weighted by Gasteiger charge is -2.43. The van der Waals surface area contributed by atoms with Crippen LogP contribution in [0.5, 0.6) is 0 Å². The van der Waals surface area contributed by atoms with Crippen molar-refractivity contribution in [3.63, 3.8) is 0 Å². The van der Waals surface area contributed by atoms with Gasteiger partial charge in [-0.25, -0.2) is 0 Å². The third-order valence-corrected chi connectivity index (χ3v) is 13.3. The first-order valence-electron chi connectivity index (χ1n) is 14.0. The second-order valence-corrected chi connectivity index (χ2v) is 16.4. The van der Waals surface area contributed by atoms with Gasteiger partial charge in [-0.3, -0.25) is 0 Å². The van der Waals surface area contributed by atoms with Gasteiger partial charge in [0.1, 0.15) is 0 Å². The molecule has 0 fully saturated rings. The zero-order valence-electron chi connectivity index (χ0n) is 24.1. The van der Waals surface area contributed by atoms with E-state index in [0.717, 1.165) is 19.3 Å². The minimum absolute atomic E-state index is 0.0290. The van der Waals surface area contributed by atoms with E-state index < -0.39 is 8.32 Å². The number of ether oxygens (including phenoxy) is 2. The Hall–Kier alpha value is -1.98. The highest BCUT2D eigenvalue weighted by molar-refractivity contribution is 6.77. The number of benzene rings is 2. The van der Waals surface area contributed by atoms with E-state index in [1.54, 1.807) is 0 Å². The predicted molar refractivity (Wildman–Crippen MR) is 160 cm³/mol. The maximum absolute atomic E-state index is 6.99. The minimum atomic E-state index is -1.99. The van der Waals surface area contributed by atoms with Crippen LogP contribution in [0.1, 0.15) is 71.9 Å². The van der Waals surface area contributed by atoms with Crippen LogP contribution in [0, 0.1) is 0 Å². The van der Waals surface area contributed by atoms with Crippen molar-refractivity contribution in [1.82, 2.24) is 0 Å². The molecule has 0 N–H and O–H groups in total. The van der Waals surface area contributed by atoms with Crippen LogP contribution in [-0.2, 0) is 27.1 Å². The Balaban J connectivity index is 2.17. The van der Waals surface area contributed by atoms with Crippen LogP contribution in [-0.4, -0.2) is 27.6 Å². The number of unbranched alkanes of at least 4 members (excludes halogenated alkanes) is 1. The summed E-state index contributed by atoms with van der Waals surface area (Å²) in [6.45, 7) is 20.3. The normalized spacial score (nSPS) is 13.5. The smallest absolute Gasteiger partial charge is 0.200 e. The molecule has 2 aromatic rings. The van der Waals surface area contributed by atoms with Crippen molar-refractivity contribution in [3.05, 3.63) is 96.1 Å². The average molecular weight is 523 g/mol. The van der Waals surface area contributed by atoms with Gasteiger partial charge in [-0.15, -0.1) is 6.58 Å². The summed E-state index contributed by atoms with van der Waals surface area (Å²) in [6, 6.07) is 20.8. The van der Waals surface area contributed by atoms with Crippen LogP contribution < -0.4 is 0 Å². The van der Waals surface area contributed by atoms with E-state index in [1.807, 2.05) is 18.2 Å². The van der Waals surface area contributed by atoms with Crippen molar-refractivity contribution in [2.75, 3.05) is 13.2 Å². The lowest BCUT2D eigenvalue weighted by atomic mass is 10.1. The van der Waals surface area contributed by atoms with Gasteiger partial charge in [0, 0.05) is 0 Å². The summed E-state index contributed by atoms with van der Waals surface area (Å²) in [6.07, 6.45) is 6.97. The zero-order valence-corrected chi connectivity index (χ0v) is 25.1. The second-order valence-electron chi connectivity index (χ2n) is 11.0. The first-order valence-corrected chi connectivity index (χ1v) is 16.1. The molecule has 1 atom stereocenters. The van der Waals surface area contributed by atoms with Gasteiger partial charge in [0.05, 0.1) is 32.5 Å². The monoisotopic (exact) mass is 522 g/mol. The summed E-state index contributed by atoms with van der Waals surface area (Å²) in [5, 5.41) is 0. The van der Waals surface area contributed by atoms with Crippen LogP contribution in [0.4, 0.5) is 0 Å². The molecule has 2 rings (SSSR count). The van der Waals surface area contributed by atoms with Gasteiger partial charge < -0.3 is 13.9 Å². The van der Waals surface area contributed by atoms with E-state index in [-0.39, 0.29) is 6.10 Å². The molecule has 0 heterocycles. The van der Waals surface area contributed by atoms with Gasteiger partial charge in [-0.1, -0.05) is 114 Å². The van der Waals surface area contributed by atoms with Crippen molar-refractivity contribution in [1.29, 1.82) is 0 Å². The number of hydrogen-bond donors (Lipinski definition) is 0. The van der Waals surface area contributed by atoms with Crippen molar-refractivity contribution in [2.45, 2.75) is 96.7 Å². The summed E-state index contributed by atoms with van der Waals surface area (Å²) in [7, 11) is -1.99. The Morgan fingerprint density at radius 3 is 1.84 bits per heavy atom. The van der Waals surface area contributed by atoms with Gasteiger partial charge in [0.25, 0.3) is 0 Å². The van der Waals surface area contributed by atoms with Gasteiger partial charge in [-0.2, -0.15) is 0 Å². The lowest BCUT2D eigenvalue weighted by molar-refractivity contribution is 0.00292.